The van der Waals surface area contributed by atoms with E-state index in [9.17, 15) is 8.42 Å². The van der Waals surface area contributed by atoms with E-state index in [2.05, 4.69) is 10.2 Å². The number of aryl methyl sites for hydroxylation is 1. The summed E-state index contributed by atoms with van der Waals surface area (Å²) in [5.74, 6) is 0.990. The van der Waals surface area contributed by atoms with Crippen LogP contribution in [-0.2, 0) is 28.6 Å². The molecule has 0 aliphatic carbocycles. The number of aromatic nitrogens is 3. The Morgan fingerprint density at radius 3 is 2.50 bits per heavy atom. The third-order valence-corrected chi connectivity index (χ3v) is 5.96. The lowest BCUT2D eigenvalue weighted by Gasteiger charge is -2.11. The normalized spacial score (nSPS) is 11.5. The second-order valence-corrected chi connectivity index (χ2v) is 8.50. The van der Waals surface area contributed by atoms with Gasteiger partial charge in [0.1, 0.15) is 11.6 Å². The molecule has 0 bridgehead atoms. The first-order chi connectivity index (χ1) is 13.4. The SMILES string of the molecule is COc1cccc(CS(=O)(=O)c2nnc(CCN)n2Cc2ccc(C)cc2)c1. The second-order valence-electron chi connectivity index (χ2n) is 6.62. The zero-order valence-corrected chi connectivity index (χ0v) is 16.8. The van der Waals surface area contributed by atoms with Crippen LogP contribution in [-0.4, -0.2) is 36.8 Å². The monoisotopic (exact) mass is 400 g/mol. The number of benzene rings is 2. The summed E-state index contributed by atoms with van der Waals surface area (Å²) in [6, 6.07) is 14.9. The molecule has 7 nitrogen and oxygen atoms in total. The smallest absolute Gasteiger partial charge is 0.250 e. The maximum absolute atomic E-state index is 13.1. The predicted octanol–water partition coefficient (Wildman–Crippen LogP) is 2.12. The van der Waals surface area contributed by atoms with Gasteiger partial charge in [-0.25, -0.2) is 8.42 Å². The van der Waals surface area contributed by atoms with E-state index in [1.165, 1.54) is 0 Å². The topological polar surface area (TPSA) is 100 Å². The van der Waals surface area contributed by atoms with Crippen molar-refractivity contribution in [2.75, 3.05) is 13.7 Å². The predicted molar refractivity (Wildman–Crippen MR) is 107 cm³/mol. The fourth-order valence-electron chi connectivity index (χ4n) is 2.94. The highest BCUT2D eigenvalue weighted by atomic mass is 32.2. The van der Waals surface area contributed by atoms with E-state index in [4.69, 9.17) is 10.5 Å². The van der Waals surface area contributed by atoms with Gasteiger partial charge < -0.3 is 10.5 Å². The number of hydrogen-bond donors (Lipinski definition) is 1. The molecular formula is C20H24N4O3S. The highest BCUT2D eigenvalue weighted by Crippen LogP contribution is 2.20. The maximum atomic E-state index is 13.1. The molecule has 0 spiro atoms. The standard InChI is InChI=1S/C20H24N4O3S/c1-15-6-8-16(9-7-15)13-24-19(10-11-21)22-23-20(24)28(25,26)14-17-4-3-5-18(12-17)27-2/h3-9,12H,10-11,13-14,21H2,1-2H3. The van der Waals surface area contributed by atoms with Gasteiger partial charge in [0.05, 0.1) is 19.4 Å². The number of sulfone groups is 1. The van der Waals surface area contributed by atoms with Gasteiger partial charge in [0.2, 0.25) is 15.0 Å². The Bertz CT molecular complexity index is 1040. The minimum atomic E-state index is -3.70. The first kappa shape index (κ1) is 20.0. The first-order valence-electron chi connectivity index (χ1n) is 8.96. The highest BCUT2D eigenvalue weighted by Gasteiger charge is 2.25. The van der Waals surface area contributed by atoms with Gasteiger partial charge in [-0.1, -0.05) is 42.0 Å². The number of ether oxygens (including phenoxy) is 1. The van der Waals surface area contributed by atoms with E-state index in [1.54, 1.807) is 35.9 Å². The van der Waals surface area contributed by atoms with E-state index in [0.717, 1.165) is 11.1 Å². The zero-order chi connectivity index (χ0) is 20.1. The fraction of sp³-hybridized carbons (Fsp3) is 0.300. The minimum Gasteiger partial charge on any atom is -0.497 e. The first-order valence-corrected chi connectivity index (χ1v) is 10.6. The Hall–Kier alpha value is -2.71. The lowest BCUT2D eigenvalue weighted by atomic mass is 10.1. The molecule has 0 amide bonds. The summed E-state index contributed by atoms with van der Waals surface area (Å²) in [4.78, 5) is 0. The number of methoxy groups -OCH3 is 1. The van der Waals surface area contributed by atoms with Crippen LogP contribution < -0.4 is 10.5 Å². The van der Waals surface area contributed by atoms with Crippen LogP contribution in [0, 0.1) is 6.92 Å². The van der Waals surface area contributed by atoms with Gasteiger partial charge in [-0.2, -0.15) is 0 Å². The Balaban J connectivity index is 1.96. The van der Waals surface area contributed by atoms with Crippen molar-refractivity contribution >= 4 is 9.84 Å². The molecule has 1 heterocycles. The number of rotatable bonds is 8. The van der Waals surface area contributed by atoms with Crippen LogP contribution in [0.2, 0.25) is 0 Å². The molecule has 0 aliphatic heterocycles. The molecule has 2 N–H and O–H groups in total. The molecule has 2 aromatic carbocycles. The summed E-state index contributed by atoms with van der Waals surface area (Å²) in [5, 5.41) is 8.05. The summed E-state index contributed by atoms with van der Waals surface area (Å²) in [5.41, 5.74) is 8.41. The molecule has 3 rings (SSSR count). The van der Waals surface area contributed by atoms with E-state index in [0.29, 0.717) is 36.6 Å². The van der Waals surface area contributed by atoms with Gasteiger partial charge >= 0.3 is 0 Å². The van der Waals surface area contributed by atoms with E-state index in [1.807, 2.05) is 31.2 Å². The molecule has 0 atom stereocenters. The van der Waals surface area contributed by atoms with Crippen LogP contribution in [0.15, 0.2) is 53.7 Å². The average Bonchev–Trinajstić information content (AvgIpc) is 3.07. The van der Waals surface area contributed by atoms with Crippen LogP contribution in [0.4, 0.5) is 0 Å². The molecule has 28 heavy (non-hydrogen) atoms. The Labute approximate surface area is 165 Å². The Kier molecular flexibility index (Phi) is 6.11. The number of nitrogens with zero attached hydrogens (tertiary/aromatic N) is 3. The van der Waals surface area contributed by atoms with Crippen molar-refractivity contribution < 1.29 is 13.2 Å². The lowest BCUT2D eigenvalue weighted by Crippen LogP contribution is -2.17. The molecule has 148 valence electrons. The van der Waals surface area contributed by atoms with Crippen LogP contribution in [0.3, 0.4) is 0 Å². The Morgan fingerprint density at radius 1 is 1.07 bits per heavy atom. The number of hydrogen-bond acceptors (Lipinski definition) is 6. The Morgan fingerprint density at radius 2 is 1.82 bits per heavy atom. The van der Waals surface area contributed by atoms with E-state index in [-0.39, 0.29) is 10.9 Å². The zero-order valence-electron chi connectivity index (χ0n) is 16.0. The molecule has 0 unspecified atom stereocenters. The molecular weight excluding hydrogens is 376 g/mol. The van der Waals surface area contributed by atoms with Gasteiger partial charge in [-0.15, -0.1) is 10.2 Å². The third-order valence-electron chi connectivity index (χ3n) is 4.39. The minimum absolute atomic E-state index is 0.0423. The molecule has 0 radical (unpaired) electrons. The van der Waals surface area contributed by atoms with Gasteiger partial charge in [0.15, 0.2) is 0 Å². The average molecular weight is 401 g/mol. The van der Waals surface area contributed by atoms with E-state index >= 15 is 0 Å². The van der Waals surface area contributed by atoms with Crippen LogP contribution in [0.1, 0.15) is 22.5 Å². The molecule has 0 fully saturated rings. The van der Waals surface area contributed by atoms with Crippen LogP contribution >= 0.6 is 0 Å². The second kappa shape index (κ2) is 8.53. The third kappa shape index (κ3) is 4.58. The molecule has 3 aromatic rings. The summed E-state index contributed by atoms with van der Waals surface area (Å²) >= 11 is 0. The van der Waals surface area contributed by atoms with Gasteiger partial charge in [-0.3, -0.25) is 4.57 Å². The molecule has 0 saturated heterocycles. The molecule has 1 aromatic heterocycles. The van der Waals surface area contributed by atoms with Crippen molar-refractivity contribution in [3.8, 4) is 5.75 Å². The van der Waals surface area contributed by atoms with Crippen molar-refractivity contribution in [2.45, 2.75) is 30.8 Å². The summed E-state index contributed by atoms with van der Waals surface area (Å²) < 4.78 is 33.0. The van der Waals surface area contributed by atoms with Gasteiger partial charge in [0.25, 0.3) is 0 Å². The van der Waals surface area contributed by atoms with Crippen LogP contribution in [0.25, 0.3) is 0 Å². The van der Waals surface area contributed by atoms with E-state index < -0.39 is 9.84 Å². The molecule has 0 aliphatic rings. The quantitative estimate of drug-likeness (QED) is 0.622. The molecule has 8 heteroatoms. The molecule has 0 saturated carbocycles. The van der Waals surface area contributed by atoms with Crippen molar-refractivity contribution in [1.82, 2.24) is 14.8 Å². The van der Waals surface area contributed by atoms with Crippen LogP contribution in [0.5, 0.6) is 5.75 Å². The largest absolute Gasteiger partial charge is 0.497 e. The van der Waals surface area contributed by atoms with Crippen molar-refractivity contribution in [3.63, 3.8) is 0 Å². The fourth-order valence-corrected chi connectivity index (χ4v) is 4.36. The summed E-state index contributed by atoms with van der Waals surface area (Å²) in [7, 11) is -2.16. The maximum Gasteiger partial charge on any atom is 0.250 e. The number of nitrogens with two attached hydrogens (primary N) is 1. The lowest BCUT2D eigenvalue weighted by molar-refractivity contribution is 0.414. The van der Waals surface area contributed by atoms with Gasteiger partial charge in [-0.05, 0) is 36.7 Å². The van der Waals surface area contributed by atoms with Crippen molar-refractivity contribution in [1.29, 1.82) is 0 Å². The van der Waals surface area contributed by atoms with Crippen molar-refractivity contribution in [2.24, 2.45) is 5.73 Å². The van der Waals surface area contributed by atoms with Gasteiger partial charge in [0, 0.05) is 6.42 Å². The van der Waals surface area contributed by atoms with Crippen molar-refractivity contribution in [3.05, 3.63) is 71.0 Å². The summed E-state index contributed by atoms with van der Waals surface area (Å²) in [6.45, 7) is 2.74. The summed E-state index contributed by atoms with van der Waals surface area (Å²) in [6.07, 6.45) is 0.452. The highest BCUT2D eigenvalue weighted by molar-refractivity contribution is 7.90.